The summed E-state index contributed by atoms with van der Waals surface area (Å²) >= 11 is 0. The summed E-state index contributed by atoms with van der Waals surface area (Å²) in [5.41, 5.74) is 0. The van der Waals surface area contributed by atoms with E-state index >= 15 is 0 Å². The summed E-state index contributed by atoms with van der Waals surface area (Å²) in [6.45, 7) is 21.6. The van der Waals surface area contributed by atoms with Crippen LogP contribution >= 0.6 is 0 Å². The molecule has 2 fully saturated rings. The summed E-state index contributed by atoms with van der Waals surface area (Å²) in [4.78, 5) is 4.96. The van der Waals surface area contributed by atoms with Gasteiger partial charge in [0, 0.05) is 38.3 Å². The molecule has 156 valence electrons. The largest absolute Gasteiger partial charge is 0.379 e. The molecule has 2 aliphatic rings. The van der Waals surface area contributed by atoms with Gasteiger partial charge in [-0.05, 0) is 39.0 Å². The average Bonchev–Trinajstić information content (AvgIpc) is 2.64. The van der Waals surface area contributed by atoms with Gasteiger partial charge in [0.25, 0.3) is 0 Å². The van der Waals surface area contributed by atoms with Gasteiger partial charge in [-0.15, -0.1) is 0 Å². The third-order valence-corrected chi connectivity index (χ3v) is 4.61. The van der Waals surface area contributed by atoms with E-state index in [-0.39, 0.29) is 0 Å². The van der Waals surface area contributed by atoms with Crippen LogP contribution in [0.5, 0.6) is 0 Å². The zero-order valence-electron chi connectivity index (χ0n) is 17.8. The summed E-state index contributed by atoms with van der Waals surface area (Å²) in [7, 11) is 0. The molecule has 0 saturated carbocycles. The maximum absolute atomic E-state index is 5.29. The van der Waals surface area contributed by atoms with Crippen LogP contribution in [0.1, 0.15) is 40.5 Å². The number of hydrogen-bond donors (Lipinski definition) is 2. The fourth-order valence-electron chi connectivity index (χ4n) is 3.04. The lowest BCUT2D eigenvalue weighted by Crippen LogP contribution is -2.38. The minimum Gasteiger partial charge on any atom is -0.379 e. The van der Waals surface area contributed by atoms with Gasteiger partial charge in [-0.3, -0.25) is 9.80 Å². The number of rotatable bonds is 10. The molecule has 6 heteroatoms. The number of ether oxygens (including phenoxy) is 2. The van der Waals surface area contributed by atoms with E-state index in [4.69, 9.17) is 9.47 Å². The molecule has 0 spiro atoms. The molecule has 0 aromatic carbocycles. The summed E-state index contributed by atoms with van der Waals surface area (Å²) in [5.74, 6) is 0. The van der Waals surface area contributed by atoms with Gasteiger partial charge in [-0.1, -0.05) is 27.7 Å². The Hall–Kier alpha value is -0.240. The first-order valence-electron chi connectivity index (χ1n) is 10.6. The minimum absolute atomic E-state index is 0.615. The smallest absolute Gasteiger partial charge is 0.0594 e. The van der Waals surface area contributed by atoms with Gasteiger partial charge in [-0.25, -0.2) is 0 Å². The second kappa shape index (κ2) is 15.8. The number of nitrogens with zero attached hydrogens (tertiary/aromatic N) is 2. The fourth-order valence-corrected chi connectivity index (χ4v) is 3.04. The Morgan fingerprint density at radius 2 is 1.00 bits per heavy atom. The lowest BCUT2D eigenvalue weighted by molar-refractivity contribution is 0.0373. The predicted molar refractivity (Wildman–Crippen MR) is 110 cm³/mol. The molecule has 0 amide bonds. The minimum atomic E-state index is 0.615. The molecule has 2 saturated heterocycles. The van der Waals surface area contributed by atoms with Crippen molar-refractivity contribution >= 4 is 0 Å². The number of nitrogens with one attached hydrogen (secondary N) is 2. The number of hydrogen-bond acceptors (Lipinski definition) is 6. The normalized spacial score (nSPS) is 19.6. The Bertz CT molecular complexity index is 274. The topological polar surface area (TPSA) is 49.0 Å². The molecular formula is C20H44N4O2. The van der Waals surface area contributed by atoms with Crippen LogP contribution < -0.4 is 10.6 Å². The van der Waals surface area contributed by atoms with Crippen molar-refractivity contribution in [1.29, 1.82) is 0 Å². The highest BCUT2D eigenvalue weighted by Crippen LogP contribution is 1.98. The van der Waals surface area contributed by atoms with E-state index in [1.54, 1.807) is 0 Å². The first-order chi connectivity index (χ1) is 12.6. The molecule has 0 bridgehead atoms. The third kappa shape index (κ3) is 13.9. The van der Waals surface area contributed by atoms with Crippen LogP contribution in [0, 0.1) is 0 Å². The van der Waals surface area contributed by atoms with Crippen molar-refractivity contribution < 1.29 is 9.47 Å². The van der Waals surface area contributed by atoms with E-state index in [1.165, 1.54) is 25.9 Å². The standard InChI is InChI=1S/2C10H22N2O/c2*1-10(2)11-4-3-5-12-6-8-13-9-7-12/h2*10-11H,3-9H2,1-2H3. The molecule has 6 nitrogen and oxygen atoms in total. The second-order valence-corrected chi connectivity index (χ2v) is 7.83. The van der Waals surface area contributed by atoms with Crippen LogP contribution in [0.15, 0.2) is 0 Å². The molecule has 0 radical (unpaired) electrons. The van der Waals surface area contributed by atoms with Crippen molar-refractivity contribution in [2.75, 3.05) is 78.8 Å². The van der Waals surface area contributed by atoms with Gasteiger partial charge in [0.15, 0.2) is 0 Å². The SMILES string of the molecule is CC(C)NCCCN1CCOCC1.CC(C)NCCCN1CCOCC1. The molecule has 2 rings (SSSR count). The zero-order valence-corrected chi connectivity index (χ0v) is 17.8. The molecule has 0 atom stereocenters. The van der Waals surface area contributed by atoms with Crippen LogP contribution in [0.2, 0.25) is 0 Å². The van der Waals surface area contributed by atoms with Crippen molar-refractivity contribution in [2.45, 2.75) is 52.6 Å². The molecule has 0 aromatic rings. The van der Waals surface area contributed by atoms with Gasteiger partial charge in [0.2, 0.25) is 0 Å². The second-order valence-electron chi connectivity index (χ2n) is 7.83. The molecule has 2 heterocycles. The quantitative estimate of drug-likeness (QED) is 0.566. The highest BCUT2D eigenvalue weighted by Gasteiger charge is 2.09. The summed E-state index contributed by atoms with van der Waals surface area (Å²) < 4.78 is 10.6. The van der Waals surface area contributed by atoms with Crippen LogP contribution in [0.4, 0.5) is 0 Å². The van der Waals surface area contributed by atoms with E-state index in [0.29, 0.717) is 12.1 Å². The summed E-state index contributed by atoms with van der Waals surface area (Å²) in [5, 5.41) is 6.85. The molecule has 0 unspecified atom stereocenters. The Morgan fingerprint density at radius 3 is 1.31 bits per heavy atom. The molecule has 26 heavy (non-hydrogen) atoms. The Labute approximate surface area is 162 Å². The summed E-state index contributed by atoms with van der Waals surface area (Å²) in [6, 6.07) is 1.23. The molecular weight excluding hydrogens is 328 g/mol. The van der Waals surface area contributed by atoms with Crippen LogP contribution in [-0.4, -0.2) is 101 Å². The monoisotopic (exact) mass is 372 g/mol. The van der Waals surface area contributed by atoms with E-state index < -0.39 is 0 Å². The van der Waals surface area contributed by atoms with E-state index in [1.807, 2.05) is 0 Å². The van der Waals surface area contributed by atoms with Gasteiger partial charge < -0.3 is 20.1 Å². The Kier molecular flexibility index (Phi) is 14.4. The third-order valence-electron chi connectivity index (χ3n) is 4.61. The van der Waals surface area contributed by atoms with Gasteiger partial charge in [0.1, 0.15) is 0 Å². The van der Waals surface area contributed by atoms with Crippen LogP contribution in [0.3, 0.4) is 0 Å². The Morgan fingerprint density at radius 1 is 0.654 bits per heavy atom. The van der Waals surface area contributed by atoms with Crippen LogP contribution in [0.25, 0.3) is 0 Å². The highest BCUT2D eigenvalue weighted by molar-refractivity contribution is 4.64. The van der Waals surface area contributed by atoms with E-state index in [0.717, 1.165) is 65.7 Å². The maximum atomic E-state index is 5.29. The van der Waals surface area contributed by atoms with Crippen molar-refractivity contribution in [2.24, 2.45) is 0 Å². The highest BCUT2D eigenvalue weighted by atomic mass is 16.5. The average molecular weight is 373 g/mol. The van der Waals surface area contributed by atoms with Crippen molar-refractivity contribution in [1.82, 2.24) is 20.4 Å². The van der Waals surface area contributed by atoms with Crippen molar-refractivity contribution in [3.05, 3.63) is 0 Å². The van der Waals surface area contributed by atoms with Crippen molar-refractivity contribution in [3.63, 3.8) is 0 Å². The molecule has 0 aliphatic carbocycles. The lowest BCUT2D eigenvalue weighted by Gasteiger charge is -2.26. The molecule has 2 N–H and O–H groups in total. The van der Waals surface area contributed by atoms with Gasteiger partial charge in [0.05, 0.1) is 26.4 Å². The summed E-state index contributed by atoms with van der Waals surface area (Å²) in [6.07, 6.45) is 2.50. The first kappa shape index (κ1) is 23.8. The van der Waals surface area contributed by atoms with E-state index in [2.05, 4.69) is 48.1 Å². The maximum Gasteiger partial charge on any atom is 0.0594 e. The fraction of sp³-hybridized carbons (Fsp3) is 1.00. The first-order valence-corrected chi connectivity index (χ1v) is 10.6. The van der Waals surface area contributed by atoms with Crippen molar-refractivity contribution in [3.8, 4) is 0 Å². The number of morpholine rings is 2. The zero-order chi connectivity index (χ0) is 19.0. The molecule has 0 aromatic heterocycles. The van der Waals surface area contributed by atoms with Gasteiger partial charge in [-0.2, -0.15) is 0 Å². The van der Waals surface area contributed by atoms with Gasteiger partial charge >= 0.3 is 0 Å². The lowest BCUT2D eigenvalue weighted by atomic mass is 10.3. The molecule has 2 aliphatic heterocycles. The predicted octanol–water partition coefficient (Wildman–Crippen LogP) is 1.41. The van der Waals surface area contributed by atoms with E-state index in [9.17, 15) is 0 Å². The Balaban J connectivity index is 0.000000260. The van der Waals surface area contributed by atoms with Crippen LogP contribution in [-0.2, 0) is 9.47 Å².